The first-order valence-corrected chi connectivity index (χ1v) is 9.85. The fourth-order valence-electron chi connectivity index (χ4n) is 3.42. The van der Waals surface area contributed by atoms with Gasteiger partial charge in [-0.05, 0) is 26.3 Å². The number of morpholine rings is 1. The van der Waals surface area contributed by atoms with Crippen LogP contribution in [0.2, 0.25) is 0 Å². The molecule has 1 fully saturated rings. The number of aromatic amines is 1. The maximum absolute atomic E-state index is 13.0. The number of amides is 1. The average Bonchev–Trinajstić information content (AvgIpc) is 3.00. The molecule has 0 saturated carbocycles. The van der Waals surface area contributed by atoms with Gasteiger partial charge in [0.25, 0.3) is 0 Å². The standard InChI is InChI=1S/C20H31N3O6/c1-5-29-20(26)19-14(2)18(15(3)21-19)16(24)12-23(17(25)13-27-4)7-6-22-8-10-28-11-9-22/h21H,5-13H2,1-4H3. The molecule has 9 nitrogen and oxygen atoms in total. The number of ketones is 1. The van der Waals surface area contributed by atoms with Gasteiger partial charge in [-0.1, -0.05) is 0 Å². The zero-order chi connectivity index (χ0) is 21.4. The monoisotopic (exact) mass is 409 g/mol. The normalized spacial score (nSPS) is 14.6. The van der Waals surface area contributed by atoms with Crippen molar-refractivity contribution in [2.75, 3.05) is 66.3 Å². The molecule has 29 heavy (non-hydrogen) atoms. The van der Waals surface area contributed by atoms with Gasteiger partial charge in [0.05, 0.1) is 26.4 Å². The van der Waals surface area contributed by atoms with Crippen LogP contribution in [0.3, 0.4) is 0 Å². The third-order valence-corrected chi connectivity index (χ3v) is 4.94. The Morgan fingerprint density at radius 1 is 1.21 bits per heavy atom. The fourth-order valence-corrected chi connectivity index (χ4v) is 3.42. The molecule has 0 bridgehead atoms. The van der Waals surface area contributed by atoms with Gasteiger partial charge in [-0.3, -0.25) is 14.5 Å². The quantitative estimate of drug-likeness (QED) is 0.450. The van der Waals surface area contributed by atoms with Gasteiger partial charge in [0.1, 0.15) is 12.3 Å². The topological polar surface area (TPSA) is 101 Å². The molecular formula is C20H31N3O6. The first-order valence-electron chi connectivity index (χ1n) is 9.85. The van der Waals surface area contributed by atoms with Crippen molar-refractivity contribution >= 4 is 17.7 Å². The lowest BCUT2D eigenvalue weighted by Gasteiger charge is -2.29. The minimum absolute atomic E-state index is 0.0751. The summed E-state index contributed by atoms with van der Waals surface area (Å²) in [6.45, 7) is 9.28. The number of H-pyrrole nitrogens is 1. The first kappa shape index (κ1) is 23.1. The number of nitrogens with one attached hydrogen (secondary N) is 1. The van der Waals surface area contributed by atoms with Crippen molar-refractivity contribution in [2.24, 2.45) is 0 Å². The van der Waals surface area contributed by atoms with Gasteiger partial charge in [-0.2, -0.15) is 0 Å². The van der Waals surface area contributed by atoms with Crippen molar-refractivity contribution in [3.63, 3.8) is 0 Å². The lowest BCUT2D eigenvalue weighted by molar-refractivity contribution is -0.135. The third kappa shape index (κ3) is 6.12. The van der Waals surface area contributed by atoms with Gasteiger partial charge in [-0.15, -0.1) is 0 Å². The largest absolute Gasteiger partial charge is 0.461 e. The van der Waals surface area contributed by atoms with Gasteiger partial charge in [0.15, 0.2) is 5.78 Å². The molecule has 1 aliphatic heterocycles. The van der Waals surface area contributed by atoms with E-state index in [1.54, 1.807) is 20.8 Å². The summed E-state index contributed by atoms with van der Waals surface area (Å²) in [7, 11) is 1.45. The summed E-state index contributed by atoms with van der Waals surface area (Å²) < 4.78 is 15.3. The van der Waals surface area contributed by atoms with Gasteiger partial charge in [-0.25, -0.2) is 4.79 Å². The number of esters is 1. The summed E-state index contributed by atoms with van der Waals surface area (Å²) in [6.07, 6.45) is 0. The van der Waals surface area contributed by atoms with Crippen LogP contribution in [0.1, 0.15) is 39.0 Å². The molecule has 1 aromatic rings. The van der Waals surface area contributed by atoms with E-state index in [9.17, 15) is 14.4 Å². The van der Waals surface area contributed by atoms with E-state index in [0.717, 1.165) is 13.1 Å². The molecule has 2 rings (SSSR count). The number of aromatic nitrogens is 1. The second-order valence-electron chi connectivity index (χ2n) is 6.97. The maximum Gasteiger partial charge on any atom is 0.355 e. The third-order valence-electron chi connectivity index (χ3n) is 4.94. The Labute approximate surface area is 171 Å². The van der Waals surface area contributed by atoms with E-state index >= 15 is 0 Å². The van der Waals surface area contributed by atoms with E-state index in [2.05, 4.69) is 9.88 Å². The molecular weight excluding hydrogens is 378 g/mol. The van der Waals surface area contributed by atoms with Gasteiger partial charge >= 0.3 is 5.97 Å². The molecule has 1 saturated heterocycles. The summed E-state index contributed by atoms with van der Waals surface area (Å²) >= 11 is 0. The molecule has 0 unspecified atom stereocenters. The van der Waals surface area contributed by atoms with Crippen LogP contribution in [-0.4, -0.2) is 98.7 Å². The molecule has 0 aliphatic carbocycles. The number of carbonyl (C=O) groups excluding carboxylic acids is 3. The number of rotatable bonds is 10. The van der Waals surface area contributed by atoms with Gasteiger partial charge < -0.3 is 24.1 Å². The van der Waals surface area contributed by atoms with Crippen molar-refractivity contribution in [1.29, 1.82) is 0 Å². The van der Waals surface area contributed by atoms with Crippen LogP contribution in [0.4, 0.5) is 0 Å². The van der Waals surface area contributed by atoms with Crippen LogP contribution >= 0.6 is 0 Å². The predicted molar refractivity (Wildman–Crippen MR) is 106 cm³/mol. The number of hydrogen-bond acceptors (Lipinski definition) is 7. The highest BCUT2D eigenvalue weighted by molar-refractivity contribution is 6.04. The van der Waals surface area contributed by atoms with Crippen molar-refractivity contribution < 1.29 is 28.6 Å². The number of carbonyl (C=O) groups is 3. The smallest absolute Gasteiger partial charge is 0.355 e. The van der Waals surface area contributed by atoms with Gasteiger partial charge in [0, 0.05) is 44.5 Å². The summed E-state index contributed by atoms with van der Waals surface area (Å²) in [5.74, 6) is -0.962. The highest BCUT2D eigenvalue weighted by Crippen LogP contribution is 2.20. The number of aryl methyl sites for hydroxylation is 1. The molecule has 0 radical (unpaired) electrons. The van der Waals surface area contributed by atoms with Crippen LogP contribution in [0, 0.1) is 13.8 Å². The van der Waals surface area contributed by atoms with E-state index in [0.29, 0.717) is 43.1 Å². The number of methoxy groups -OCH3 is 1. The molecule has 2 heterocycles. The second kappa shape index (κ2) is 11.1. The fraction of sp³-hybridized carbons (Fsp3) is 0.650. The Morgan fingerprint density at radius 3 is 2.52 bits per heavy atom. The molecule has 1 aliphatic rings. The molecule has 0 atom stereocenters. The van der Waals surface area contributed by atoms with E-state index in [1.165, 1.54) is 12.0 Å². The number of ether oxygens (including phenoxy) is 3. The number of Topliss-reactive ketones (excluding diaryl/α,β-unsaturated/α-hetero) is 1. The van der Waals surface area contributed by atoms with Crippen LogP contribution in [0.5, 0.6) is 0 Å². The maximum atomic E-state index is 13.0. The zero-order valence-corrected chi connectivity index (χ0v) is 17.7. The highest BCUT2D eigenvalue weighted by atomic mass is 16.5. The Morgan fingerprint density at radius 2 is 1.90 bits per heavy atom. The molecule has 9 heteroatoms. The van der Waals surface area contributed by atoms with Crippen LogP contribution in [0.15, 0.2) is 0 Å². The average molecular weight is 409 g/mol. The highest BCUT2D eigenvalue weighted by Gasteiger charge is 2.26. The van der Waals surface area contributed by atoms with Gasteiger partial charge in [0.2, 0.25) is 5.91 Å². The molecule has 162 valence electrons. The SMILES string of the molecule is CCOC(=O)c1[nH]c(C)c(C(=O)CN(CCN2CCOCC2)C(=O)COC)c1C. The summed E-state index contributed by atoms with van der Waals surface area (Å²) in [5, 5.41) is 0. The summed E-state index contributed by atoms with van der Waals surface area (Å²) in [4.78, 5) is 44.2. The molecule has 1 amide bonds. The van der Waals surface area contributed by atoms with E-state index in [4.69, 9.17) is 14.2 Å². The van der Waals surface area contributed by atoms with Crippen molar-refractivity contribution in [1.82, 2.24) is 14.8 Å². The Balaban J connectivity index is 2.11. The van der Waals surface area contributed by atoms with E-state index < -0.39 is 5.97 Å². The van der Waals surface area contributed by atoms with Crippen LogP contribution in [-0.2, 0) is 19.0 Å². The Hall–Kier alpha value is -2.23. The minimum atomic E-state index is -0.494. The van der Waals surface area contributed by atoms with E-state index in [-0.39, 0.29) is 37.1 Å². The van der Waals surface area contributed by atoms with Crippen LogP contribution in [0.25, 0.3) is 0 Å². The lowest BCUT2D eigenvalue weighted by atomic mass is 10.1. The zero-order valence-electron chi connectivity index (χ0n) is 17.7. The van der Waals surface area contributed by atoms with Crippen molar-refractivity contribution in [3.05, 3.63) is 22.5 Å². The summed E-state index contributed by atoms with van der Waals surface area (Å²) in [6, 6.07) is 0. The Bertz CT molecular complexity index is 724. The number of hydrogen-bond donors (Lipinski definition) is 1. The molecule has 1 aromatic heterocycles. The summed E-state index contributed by atoms with van der Waals surface area (Å²) in [5.41, 5.74) is 1.83. The predicted octanol–water partition coefficient (Wildman–Crippen LogP) is 0.798. The van der Waals surface area contributed by atoms with Crippen molar-refractivity contribution in [2.45, 2.75) is 20.8 Å². The Kier molecular flexibility index (Phi) is 8.81. The minimum Gasteiger partial charge on any atom is -0.461 e. The second-order valence-corrected chi connectivity index (χ2v) is 6.97. The van der Waals surface area contributed by atoms with Crippen molar-refractivity contribution in [3.8, 4) is 0 Å². The molecule has 0 spiro atoms. The molecule has 1 N–H and O–H groups in total. The lowest BCUT2D eigenvalue weighted by Crippen LogP contribution is -2.45. The van der Waals surface area contributed by atoms with Crippen LogP contribution < -0.4 is 0 Å². The first-order chi connectivity index (χ1) is 13.9. The number of nitrogens with zero attached hydrogens (tertiary/aromatic N) is 2. The molecule has 0 aromatic carbocycles. The van der Waals surface area contributed by atoms with E-state index in [1.807, 2.05) is 0 Å².